The molecule has 0 N–H and O–H groups in total. The van der Waals surface area contributed by atoms with Gasteiger partial charge in [0.15, 0.2) is 0 Å². The Morgan fingerprint density at radius 1 is 1.10 bits per heavy atom. The van der Waals surface area contributed by atoms with Crippen LogP contribution in [0.2, 0.25) is 0 Å². The summed E-state index contributed by atoms with van der Waals surface area (Å²) in [6.45, 7) is 2.02. The molecule has 0 bridgehead atoms. The van der Waals surface area contributed by atoms with E-state index < -0.39 is 0 Å². The van der Waals surface area contributed by atoms with Crippen LogP contribution in [0.4, 0.5) is 0 Å². The van der Waals surface area contributed by atoms with Gasteiger partial charge in [0, 0.05) is 0 Å². The summed E-state index contributed by atoms with van der Waals surface area (Å²) in [5.41, 5.74) is 3.01. The number of para-hydroxylation sites is 1. The van der Waals surface area contributed by atoms with Crippen LogP contribution in [-0.2, 0) is 0 Å². The molecule has 3 nitrogen and oxygen atoms in total. The second-order valence-electron chi connectivity index (χ2n) is 5.04. The van der Waals surface area contributed by atoms with Crippen LogP contribution in [0.15, 0.2) is 59.5 Å². The van der Waals surface area contributed by atoms with E-state index in [0.717, 1.165) is 31.8 Å². The molecule has 0 saturated carbocycles. The van der Waals surface area contributed by atoms with Crippen LogP contribution in [0.5, 0.6) is 0 Å². The Kier molecular flexibility index (Phi) is 2.81. The van der Waals surface area contributed by atoms with Crippen molar-refractivity contribution in [1.29, 1.82) is 0 Å². The Labute approximate surface area is 127 Å². The molecule has 0 radical (unpaired) electrons. The molecule has 0 amide bonds. The minimum absolute atomic E-state index is 0.0219. The van der Waals surface area contributed by atoms with E-state index in [-0.39, 0.29) is 20.3 Å². The number of hydrogen-bond donors (Lipinski definition) is 0. The number of pyridine rings is 1. The molecule has 0 fully saturated rings. The number of hydrogen-bond acceptors (Lipinski definition) is 2. The minimum atomic E-state index is -0.0219. The molecule has 0 spiro atoms. The van der Waals surface area contributed by atoms with Gasteiger partial charge in [-0.1, -0.05) is 0 Å². The summed E-state index contributed by atoms with van der Waals surface area (Å²) in [5.74, 6) is 0. The molecule has 2 aromatic heterocycles. The van der Waals surface area contributed by atoms with Crippen LogP contribution in [0.1, 0.15) is 5.56 Å². The fourth-order valence-corrected chi connectivity index (χ4v) is 4.64. The molecule has 0 unspecified atom stereocenters. The van der Waals surface area contributed by atoms with Gasteiger partial charge in [0.1, 0.15) is 0 Å². The summed E-state index contributed by atoms with van der Waals surface area (Å²) in [7, 11) is 0. The van der Waals surface area contributed by atoms with Crippen molar-refractivity contribution in [3.63, 3.8) is 0 Å². The van der Waals surface area contributed by atoms with E-state index in [9.17, 15) is 4.79 Å². The van der Waals surface area contributed by atoms with E-state index in [1.807, 2.05) is 46.9 Å². The molecule has 0 atom stereocenters. The number of nitrogens with zero attached hydrogens (tertiary/aromatic N) is 2. The van der Waals surface area contributed by atoms with Gasteiger partial charge in [0.25, 0.3) is 0 Å². The third kappa shape index (κ3) is 1.96. The van der Waals surface area contributed by atoms with Crippen LogP contribution in [0.3, 0.4) is 0 Å². The molecule has 0 aliphatic heterocycles. The predicted octanol–water partition coefficient (Wildman–Crippen LogP) is 2.90. The maximum absolute atomic E-state index is 12.7. The van der Waals surface area contributed by atoms with E-state index in [2.05, 4.69) is 17.1 Å². The summed E-state index contributed by atoms with van der Waals surface area (Å²) < 4.78 is 3.03. The number of aryl methyl sites for hydroxylation is 1. The normalized spacial score (nSPS) is 11.3. The predicted molar refractivity (Wildman–Crippen MR) is 86.5 cm³/mol. The van der Waals surface area contributed by atoms with Crippen LogP contribution in [0.25, 0.3) is 26.2 Å². The third-order valence-electron chi connectivity index (χ3n) is 3.57. The van der Waals surface area contributed by atoms with Gasteiger partial charge in [-0.15, -0.1) is 0 Å². The topological polar surface area (TPSA) is 34.9 Å². The Balaban J connectivity index is 2.10. The van der Waals surface area contributed by atoms with E-state index in [1.165, 1.54) is 0 Å². The van der Waals surface area contributed by atoms with Crippen molar-refractivity contribution in [3.8, 4) is 5.69 Å². The van der Waals surface area contributed by atoms with Crippen molar-refractivity contribution in [2.75, 3.05) is 0 Å². The van der Waals surface area contributed by atoms with Crippen LogP contribution in [-0.4, -0.2) is 23.3 Å². The van der Waals surface area contributed by atoms with E-state index in [0.29, 0.717) is 0 Å². The van der Waals surface area contributed by atoms with Gasteiger partial charge in [-0.2, -0.15) is 0 Å². The van der Waals surface area contributed by atoms with E-state index in [4.69, 9.17) is 0 Å². The summed E-state index contributed by atoms with van der Waals surface area (Å²) in [4.78, 5) is 17.2. The standard InChI is InChI=1S/C17H12N2OSe/c1-11-7-8-15-13(10-11)17(20)19(21-15)14-6-2-4-12-5-3-9-18-16(12)14/h2-10H,1H3. The quantitative estimate of drug-likeness (QED) is 0.500. The van der Waals surface area contributed by atoms with Crippen LogP contribution in [0, 0.1) is 6.92 Å². The zero-order chi connectivity index (χ0) is 14.4. The van der Waals surface area contributed by atoms with Gasteiger partial charge in [-0.3, -0.25) is 0 Å². The average molecular weight is 339 g/mol. The Morgan fingerprint density at radius 2 is 1.95 bits per heavy atom. The molecular formula is C17H12N2OSe. The van der Waals surface area contributed by atoms with Gasteiger partial charge in [0.05, 0.1) is 0 Å². The van der Waals surface area contributed by atoms with Crippen molar-refractivity contribution in [2.24, 2.45) is 0 Å². The number of rotatable bonds is 1. The molecular weight excluding hydrogens is 327 g/mol. The van der Waals surface area contributed by atoms with Crippen molar-refractivity contribution in [3.05, 3.63) is 70.6 Å². The maximum atomic E-state index is 12.7. The molecule has 4 heteroatoms. The molecule has 0 saturated heterocycles. The first-order valence-electron chi connectivity index (χ1n) is 6.71. The molecule has 102 valence electrons. The van der Waals surface area contributed by atoms with E-state index >= 15 is 0 Å². The monoisotopic (exact) mass is 340 g/mol. The number of benzene rings is 2. The second-order valence-corrected chi connectivity index (χ2v) is 7.11. The average Bonchev–Trinajstić information content (AvgIpc) is 2.83. The van der Waals surface area contributed by atoms with Gasteiger partial charge in [0.2, 0.25) is 0 Å². The molecule has 4 rings (SSSR count). The second kappa shape index (κ2) is 4.69. The van der Waals surface area contributed by atoms with Gasteiger partial charge < -0.3 is 0 Å². The Bertz CT molecular complexity index is 1020. The Hall–Kier alpha value is -2.16. The van der Waals surface area contributed by atoms with Gasteiger partial charge >= 0.3 is 127 Å². The molecule has 21 heavy (non-hydrogen) atoms. The fourth-order valence-electron chi connectivity index (χ4n) is 2.55. The molecule has 2 aromatic carbocycles. The Morgan fingerprint density at radius 3 is 2.86 bits per heavy atom. The van der Waals surface area contributed by atoms with Crippen molar-refractivity contribution >= 4 is 35.3 Å². The van der Waals surface area contributed by atoms with Crippen LogP contribution < -0.4 is 5.56 Å². The first-order chi connectivity index (χ1) is 10.2. The zero-order valence-corrected chi connectivity index (χ0v) is 13.1. The van der Waals surface area contributed by atoms with Gasteiger partial charge in [-0.05, 0) is 0 Å². The molecule has 4 aromatic rings. The first kappa shape index (κ1) is 12.6. The summed E-state index contributed by atoms with van der Waals surface area (Å²) in [6.07, 6.45) is 1.77. The molecule has 2 heterocycles. The van der Waals surface area contributed by atoms with Crippen molar-refractivity contribution in [2.45, 2.75) is 6.92 Å². The molecule has 0 aliphatic carbocycles. The number of aromatic nitrogens is 2. The van der Waals surface area contributed by atoms with Crippen molar-refractivity contribution in [1.82, 2.24) is 8.55 Å². The van der Waals surface area contributed by atoms with E-state index in [1.54, 1.807) is 6.20 Å². The SMILES string of the molecule is Cc1ccc2[se]n(-c3cccc4cccnc34)c(=O)c2c1. The van der Waals surface area contributed by atoms with Gasteiger partial charge in [-0.25, -0.2) is 0 Å². The van der Waals surface area contributed by atoms with Crippen LogP contribution >= 0.6 is 0 Å². The summed E-state index contributed by atoms with van der Waals surface area (Å²) in [5, 5.41) is 1.90. The fraction of sp³-hybridized carbons (Fsp3) is 0.0588. The molecule has 0 aliphatic rings. The summed E-state index contributed by atoms with van der Waals surface area (Å²) >= 11 is -0.0219. The van der Waals surface area contributed by atoms with Crippen molar-refractivity contribution < 1.29 is 0 Å². The zero-order valence-electron chi connectivity index (χ0n) is 11.4. The third-order valence-corrected chi connectivity index (χ3v) is 5.87. The first-order valence-corrected chi connectivity index (χ1v) is 8.33. The summed E-state index contributed by atoms with van der Waals surface area (Å²) in [6, 6.07) is 16.1. The number of fused-ring (bicyclic) bond motifs is 2.